The van der Waals surface area contributed by atoms with Crippen LogP contribution in [0.15, 0.2) is 11.4 Å². The number of hydrogen-bond donors (Lipinski definition) is 3. The summed E-state index contributed by atoms with van der Waals surface area (Å²) in [5.41, 5.74) is 0.567. The van der Waals surface area contributed by atoms with Crippen LogP contribution in [-0.2, 0) is 4.57 Å². The van der Waals surface area contributed by atoms with Gasteiger partial charge in [0.25, 0.3) is 0 Å². The first kappa shape index (κ1) is 20.1. The van der Waals surface area contributed by atoms with Gasteiger partial charge in [0.1, 0.15) is 0 Å². The molecule has 0 bridgehead atoms. The van der Waals surface area contributed by atoms with Gasteiger partial charge >= 0.3 is 7.60 Å². The van der Waals surface area contributed by atoms with Crippen LogP contribution in [0.3, 0.4) is 0 Å². The Labute approximate surface area is 164 Å². The first-order chi connectivity index (χ1) is 12.6. The highest BCUT2D eigenvalue weighted by molar-refractivity contribution is 7.56. The van der Waals surface area contributed by atoms with Crippen LogP contribution >= 0.6 is 7.60 Å². The molecule has 8 atom stereocenters. The fourth-order valence-corrected chi connectivity index (χ4v) is 8.97. The maximum atomic E-state index is 11.8. The molecule has 0 saturated heterocycles. The van der Waals surface area contributed by atoms with Gasteiger partial charge in [0.15, 0.2) is 0 Å². The molecule has 3 N–H and O–H groups in total. The number of allylic oxidation sites excluding steroid dienone is 2. The van der Waals surface area contributed by atoms with E-state index in [-0.39, 0.29) is 5.41 Å². The second-order valence-corrected chi connectivity index (χ2v) is 12.3. The Bertz CT molecular complexity index is 669. The van der Waals surface area contributed by atoms with E-state index < -0.39 is 7.60 Å². The zero-order valence-electron chi connectivity index (χ0n) is 17.1. The number of aliphatic hydroxyl groups is 1. The van der Waals surface area contributed by atoms with Gasteiger partial charge in [-0.15, -0.1) is 0 Å². The van der Waals surface area contributed by atoms with E-state index in [1.54, 1.807) is 0 Å². The predicted octanol–water partition coefficient (Wildman–Crippen LogP) is 4.95. The molecule has 0 spiro atoms. The highest BCUT2D eigenvalue weighted by atomic mass is 31.2. The van der Waals surface area contributed by atoms with Crippen LogP contribution in [0.25, 0.3) is 0 Å². The molecule has 4 aliphatic carbocycles. The third kappa shape index (κ3) is 3.01. The van der Waals surface area contributed by atoms with Crippen LogP contribution in [0.5, 0.6) is 0 Å². The molecule has 0 amide bonds. The minimum Gasteiger partial charge on any atom is -0.396 e. The predicted molar refractivity (Wildman–Crippen MR) is 107 cm³/mol. The maximum Gasteiger partial charge on any atom is 0.351 e. The van der Waals surface area contributed by atoms with Crippen molar-refractivity contribution in [3.63, 3.8) is 0 Å². The number of hydrogen-bond acceptors (Lipinski definition) is 2. The van der Waals surface area contributed by atoms with E-state index in [1.165, 1.54) is 32.1 Å². The summed E-state index contributed by atoms with van der Waals surface area (Å²) in [4.78, 5) is 19.3. The summed E-state index contributed by atoms with van der Waals surface area (Å²) in [5, 5.41) is 10.1. The van der Waals surface area contributed by atoms with E-state index in [0.29, 0.717) is 47.4 Å². The van der Waals surface area contributed by atoms with Gasteiger partial charge in [0, 0.05) is 11.9 Å². The van der Waals surface area contributed by atoms with Crippen LogP contribution in [0.2, 0.25) is 0 Å². The zero-order chi connectivity index (χ0) is 19.6. The van der Waals surface area contributed by atoms with Crippen molar-refractivity contribution in [2.75, 3.05) is 6.61 Å². The molecule has 0 aliphatic heterocycles. The van der Waals surface area contributed by atoms with Gasteiger partial charge in [-0.25, -0.2) is 0 Å². The number of rotatable bonds is 3. The molecule has 154 valence electrons. The molecule has 0 radical (unpaired) electrons. The number of fused-ring (bicyclic) bond motifs is 5. The maximum absolute atomic E-state index is 11.8. The van der Waals surface area contributed by atoms with E-state index in [2.05, 4.69) is 20.8 Å². The summed E-state index contributed by atoms with van der Waals surface area (Å²) >= 11 is 0. The SMILES string of the molecule is C[C@H](CO)[C@H]1CC[C@H]2[C@@H]3CC[C@H]4C=C(P(=O)(O)O)CC[C@]4(C)[C@H]3CC[C@]12C. The minimum atomic E-state index is -4.08. The summed E-state index contributed by atoms with van der Waals surface area (Å²) in [5.74, 6) is 3.57. The van der Waals surface area contributed by atoms with Gasteiger partial charge in [-0.1, -0.05) is 26.8 Å². The van der Waals surface area contributed by atoms with Crippen LogP contribution in [0.4, 0.5) is 0 Å². The van der Waals surface area contributed by atoms with Crippen molar-refractivity contribution in [3.05, 3.63) is 11.4 Å². The molecule has 3 fully saturated rings. The third-order valence-corrected chi connectivity index (χ3v) is 10.8. The minimum absolute atomic E-state index is 0.198. The molecule has 0 aromatic heterocycles. The average molecular weight is 397 g/mol. The monoisotopic (exact) mass is 396 g/mol. The first-order valence-electron chi connectivity index (χ1n) is 11.0. The summed E-state index contributed by atoms with van der Waals surface area (Å²) in [6.07, 6.45) is 10.8. The van der Waals surface area contributed by atoms with Gasteiger partial charge in [-0.05, 0) is 97.7 Å². The molecule has 3 saturated carbocycles. The smallest absolute Gasteiger partial charge is 0.351 e. The topological polar surface area (TPSA) is 77.8 Å². The normalized spacial score (nSPS) is 48.2. The van der Waals surface area contributed by atoms with Crippen molar-refractivity contribution in [1.82, 2.24) is 0 Å². The Morgan fingerprint density at radius 2 is 1.78 bits per heavy atom. The average Bonchev–Trinajstić information content (AvgIpc) is 2.96. The zero-order valence-corrected chi connectivity index (χ0v) is 18.0. The van der Waals surface area contributed by atoms with Gasteiger partial charge < -0.3 is 14.9 Å². The quantitative estimate of drug-likeness (QED) is 0.590. The van der Waals surface area contributed by atoms with Crippen molar-refractivity contribution < 1.29 is 19.5 Å². The summed E-state index contributed by atoms with van der Waals surface area (Å²) in [7, 11) is -4.08. The van der Waals surface area contributed by atoms with Crippen molar-refractivity contribution in [1.29, 1.82) is 0 Å². The summed E-state index contributed by atoms with van der Waals surface area (Å²) < 4.78 is 11.8. The lowest BCUT2D eigenvalue weighted by molar-refractivity contribution is -0.0973. The fraction of sp³-hybridized carbons (Fsp3) is 0.909. The molecular weight excluding hydrogens is 359 g/mol. The summed E-state index contributed by atoms with van der Waals surface area (Å²) in [6, 6.07) is 0. The Hall–Kier alpha value is -0.150. The van der Waals surface area contributed by atoms with Gasteiger partial charge in [0.2, 0.25) is 0 Å². The largest absolute Gasteiger partial charge is 0.396 e. The molecule has 4 aliphatic rings. The van der Waals surface area contributed by atoms with E-state index in [1.807, 2.05) is 6.08 Å². The van der Waals surface area contributed by atoms with Gasteiger partial charge in [-0.3, -0.25) is 4.57 Å². The molecule has 0 aromatic carbocycles. The van der Waals surface area contributed by atoms with Crippen LogP contribution in [-0.4, -0.2) is 21.5 Å². The van der Waals surface area contributed by atoms with E-state index >= 15 is 0 Å². The van der Waals surface area contributed by atoms with Gasteiger partial charge in [0.05, 0.1) is 0 Å². The highest BCUT2D eigenvalue weighted by Crippen LogP contribution is 2.69. The lowest BCUT2D eigenvalue weighted by Gasteiger charge is -2.60. The van der Waals surface area contributed by atoms with Crippen molar-refractivity contribution in [2.45, 2.75) is 72.1 Å². The lowest BCUT2D eigenvalue weighted by atomic mass is 9.45. The second-order valence-electron chi connectivity index (χ2n) is 10.7. The molecule has 27 heavy (non-hydrogen) atoms. The molecule has 0 heterocycles. The Morgan fingerprint density at radius 3 is 2.44 bits per heavy atom. The van der Waals surface area contributed by atoms with Gasteiger partial charge in [-0.2, -0.15) is 0 Å². The molecule has 0 unspecified atom stereocenters. The fourth-order valence-electron chi connectivity index (χ4n) is 8.19. The lowest BCUT2D eigenvalue weighted by Crippen LogP contribution is -2.52. The molecular formula is C22H37O4P. The Balaban J connectivity index is 1.60. The summed E-state index contributed by atoms with van der Waals surface area (Å²) in [6.45, 7) is 7.43. The third-order valence-electron chi connectivity index (χ3n) is 9.68. The van der Waals surface area contributed by atoms with Crippen molar-refractivity contribution in [3.8, 4) is 0 Å². The first-order valence-corrected chi connectivity index (χ1v) is 12.6. The van der Waals surface area contributed by atoms with Crippen LogP contribution in [0.1, 0.15) is 72.1 Å². The van der Waals surface area contributed by atoms with E-state index in [9.17, 15) is 19.5 Å². The Kier molecular flexibility index (Phi) is 4.99. The standard InChI is InChI=1S/C22H37O4P/c1-14(13-23)18-6-7-19-17-5-4-15-12-16(27(24,25)26)8-10-21(15,2)20(17)9-11-22(18,19)3/h12,14-15,17-20,23H,4-11,13H2,1-3H3,(H2,24,25,26)/t14-,15+,17+,18-,19+,20+,21+,22-/m1/s1. The van der Waals surface area contributed by atoms with Crippen molar-refractivity contribution >= 4 is 7.60 Å². The van der Waals surface area contributed by atoms with E-state index in [0.717, 1.165) is 24.7 Å². The highest BCUT2D eigenvalue weighted by Gasteiger charge is 2.60. The molecule has 5 heteroatoms. The molecule has 4 rings (SSSR count). The van der Waals surface area contributed by atoms with Crippen LogP contribution in [0, 0.1) is 46.3 Å². The second kappa shape index (κ2) is 6.69. The molecule has 0 aromatic rings. The Morgan fingerprint density at radius 1 is 1.07 bits per heavy atom. The number of aliphatic hydroxyl groups excluding tert-OH is 1. The van der Waals surface area contributed by atoms with Crippen LogP contribution < -0.4 is 0 Å². The van der Waals surface area contributed by atoms with Crippen molar-refractivity contribution in [2.24, 2.45) is 46.3 Å². The van der Waals surface area contributed by atoms with E-state index in [4.69, 9.17) is 0 Å². The molecule has 4 nitrogen and oxygen atoms in total.